The smallest absolute Gasteiger partial charge is 0.231 e. The van der Waals surface area contributed by atoms with Gasteiger partial charge in [-0.15, -0.1) is 5.10 Å². The lowest BCUT2D eigenvalue weighted by Gasteiger charge is -2.17. The number of ether oxygens (including phenoxy) is 2. The first-order valence-corrected chi connectivity index (χ1v) is 5.53. The molecule has 7 nitrogen and oxygen atoms in total. The number of hydrogen-bond donors (Lipinski definition) is 1. The highest BCUT2D eigenvalue weighted by molar-refractivity contribution is 5.50. The monoisotopic (exact) mass is 247 g/mol. The number of tetrazole rings is 1. The first kappa shape index (κ1) is 11.0. The molecular formula is C11H13N5O2. The summed E-state index contributed by atoms with van der Waals surface area (Å²) in [5.41, 5.74) is 6.20. The van der Waals surface area contributed by atoms with Crippen molar-refractivity contribution in [3.8, 4) is 17.2 Å². The normalized spacial score (nSPS) is 13.9. The Morgan fingerprint density at radius 3 is 2.83 bits per heavy atom. The summed E-state index contributed by atoms with van der Waals surface area (Å²) in [5.74, 6) is 1.99. The summed E-state index contributed by atoms with van der Waals surface area (Å²) in [4.78, 5) is 0. The van der Waals surface area contributed by atoms with Crippen molar-refractivity contribution in [2.24, 2.45) is 5.73 Å². The quantitative estimate of drug-likeness (QED) is 0.835. The van der Waals surface area contributed by atoms with Crippen LogP contribution in [0, 0.1) is 0 Å². The van der Waals surface area contributed by atoms with Crippen molar-refractivity contribution in [1.82, 2.24) is 20.2 Å². The van der Waals surface area contributed by atoms with Crippen LogP contribution in [0.2, 0.25) is 0 Å². The van der Waals surface area contributed by atoms with Gasteiger partial charge in [-0.25, -0.2) is 0 Å². The Morgan fingerprint density at radius 2 is 2.06 bits per heavy atom. The fourth-order valence-electron chi connectivity index (χ4n) is 1.78. The fourth-order valence-corrected chi connectivity index (χ4v) is 1.78. The van der Waals surface area contributed by atoms with Crippen LogP contribution < -0.4 is 15.2 Å². The number of hydrogen-bond acceptors (Lipinski definition) is 6. The minimum atomic E-state index is -0.625. The largest absolute Gasteiger partial charge is 0.454 e. The molecule has 0 saturated heterocycles. The second kappa shape index (κ2) is 3.67. The van der Waals surface area contributed by atoms with Gasteiger partial charge in [-0.05, 0) is 36.4 Å². The van der Waals surface area contributed by atoms with Gasteiger partial charge in [0.1, 0.15) is 0 Å². The lowest BCUT2D eigenvalue weighted by molar-refractivity contribution is 0.174. The van der Waals surface area contributed by atoms with Crippen molar-refractivity contribution in [2.75, 3.05) is 6.79 Å². The molecule has 94 valence electrons. The van der Waals surface area contributed by atoms with Gasteiger partial charge in [0, 0.05) is 6.07 Å². The van der Waals surface area contributed by atoms with Gasteiger partial charge in [0.2, 0.25) is 6.79 Å². The number of rotatable bonds is 2. The molecule has 18 heavy (non-hydrogen) atoms. The van der Waals surface area contributed by atoms with Gasteiger partial charge >= 0.3 is 0 Å². The van der Waals surface area contributed by atoms with Crippen molar-refractivity contribution in [3.05, 3.63) is 24.0 Å². The van der Waals surface area contributed by atoms with E-state index in [-0.39, 0.29) is 6.79 Å². The highest BCUT2D eigenvalue weighted by Gasteiger charge is 2.24. The Balaban J connectivity index is 2.08. The Hall–Kier alpha value is -2.15. The topological polar surface area (TPSA) is 88.1 Å². The van der Waals surface area contributed by atoms with Crippen LogP contribution >= 0.6 is 0 Å². The number of nitrogens with two attached hydrogens (primary N) is 1. The molecule has 0 unspecified atom stereocenters. The van der Waals surface area contributed by atoms with Gasteiger partial charge in [0.25, 0.3) is 0 Å². The van der Waals surface area contributed by atoms with Gasteiger partial charge in [0.15, 0.2) is 17.3 Å². The van der Waals surface area contributed by atoms with Crippen LogP contribution in [0.5, 0.6) is 11.5 Å². The first-order chi connectivity index (χ1) is 8.55. The van der Waals surface area contributed by atoms with E-state index in [1.54, 1.807) is 4.68 Å². The molecule has 1 aromatic carbocycles. The Labute approximate surface area is 103 Å². The molecular weight excluding hydrogens is 234 g/mol. The fraction of sp³-hybridized carbons (Fsp3) is 0.364. The summed E-state index contributed by atoms with van der Waals surface area (Å²) in [5, 5.41) is 11.6. The summed E-state index contributed by atoms with van der Waals surface area (Å²) < 4.78 is 12.2. The van der Waals surface area contributed by atoms with E-state index < -0.39 is 5.54 Å². The van der Waals surface area contributed by atoms with E-state index >= 15 is 0 Å². The van der Waals surface area contributed by atoms with Gasteiger partial charge < -0.3 is 15.2 Å². The zero-order chi connectivity index (χ0) is 12.8. The summed E-state index contributed by atoms with van der Waals surface area (Å²) in [6.45, 7) is 3.94. The lowest BCUT2D eigenvalue weighted by Crippen LogP contribution is -2.32. The Kier molecular flexibility index (Phi) is 2.24. The van der Waals surface area contributed by atoms with Gasteiger partial charge in [0.05, 0.1) is 11.2 Å². The van der Waals surface area contributed by atoms with Crippen LogP contribution in [-0.4, -0.2) is 27.0 Å². The molecule has 0 fully saturated rings. The molecule has 0 saturated carbocycles. The number of benzene rings is 1. The second-order valence-electron chi connectivity index (χ2n) is 4.67. The average Bonchev–Trinajstić information content (AvgIpc) is 2.96. The predicted octanol–water partition coefficient (Wildman–Crippen LogP) is 0.585. The average molecular weight is 247 g/mol. The second-order valence-corrected chi connectivity index (χ2v) is 4.67. The minimum absolute atomic E-state index is 0.240. The summed E-state index contributed by atoms with van der Waals surface area (Å²) in [6.07, 6.45) is 0. The van der Waals surface area contributed by atoms with Crippen LogP contribution in [0.15, 0.2) is 18.2 Å². The third kappa shape index (κ3) is 1.68. The van der Waals surface area contributed by atoms with E-state index in [9.17, 15) is 0 Å². The molecule has 0 bridgehead atoms. The summed E-state index contributed by atoms with van der Waals surface area (Å²) >= 11 is 0. The Bertz CT molecular complexity index is 587. The van der Waals surface area contributed by atoms with Crippen molar-refractivity contribution in [3.63, 3.8) is 0 Å². The van der Waals surface area contributed by atoms with E-state index in [4.69, 9.17) is 15.2 Å². The first-order valence-electron chi connectivity index (χ1n) is 5.53. The van der Waals surface area contributed by atoms with E-state index in [1.807, 2.05) is 32.0 Å². The van der Waals surface area contributed by atoms with Crippen LogP contribution in [0.1, 0.15) is 19.7 Å². The van der Waals surface area contributed by atoms with Crippen LogP contribution in [0.4, 0.5) is 0 Å². The maximum atomic E-state index is 6.03. The van der Waals surface area contributed by atoms with Crippen LogP contribution in [0.3, 0.4) is 0 Å². The predicted molar refractivity (Wildman–Crippen MR) is 62.5 cm³/mol. The van der Waals surface area contributed by atoms with Gasteiger partial charge in [-0.1, -0.05) is 0 Å². The van der Waals surface area contributed by atoms with Gasteiger partial charge in [-0.3, -0.25) is 0 Å². The SMILES string of the molecule is CC(C)(N)c1nnnn1-c1ccc2c(c1)OCO2. The molecule has 2 N–H and O–H groups in total. The van der Waals surface area contributed by atoms with Crippen molar-refractivity contribution in [1.29, 1.82) is 0 Å². The third-order valence-corrected chi connectivity index (χ3v) is 2.65. The van der Waals surface area contributed by atoms with E-state index in [0.717, 1.165) is 11.4 Å². The van der Waals surface area contributed by atoms with Crippen molar-refractivity contribution < 1.29 is 9.47 Å². The zero-order valence-electron chi connectivity index (χ0n) is 10.1. The molecule has 0 radical (unpaired) electrons. The molecule has 2 aromatic rings. The molecule has 0 amide bonds. The molecule has 0 atom stereocenters. The molecule has 0 aliphatic carbocycles. The molecule has 1 aliphatic rings. The minimum Gasteiger partial charge on any atom is -0.454 e. The van der Waals surface area contributed by atoms with E-state index in [1.165, 1.54) is 0 Å². The highest BCUT2D eigenvalue weighted by atomic mass is 16.7. The molecule has 0 spiro atoms. The third-order valence-electron chi connectivity index (χ3n) is 2.65. The highest BCUT2D eigenvalue weighted by Crippen LogP contribution is 2.33. The molecule has 1 aromatic heterocycles. The van der Waals surface area contributed by atoms with Crippen molar-refractivity contribution in [2.45, 2.75) is 19.4 Å². The maximum Gasteiger partial charge on any atom is 0.231 e. The van der Waals surface area contributed by atoms with E-state index in [0.29, 0.717) is 11.6 Å². The molecule has 1 aliphatic heterocycles. The van der Waals surface area contributed by atoms with Gasteiger partial charge in [-0.2, -0.15) is 4.68 Å². The molecule has 2 heterocycles. The number of aromatic nitrogens is 4. The summed E-state index contributed by atoms with van der Waals surface area (Å²) in [7, 11) is 0. The molecule has 3 rings (SSSR count). The number of nitrogens with zero attached hydrogens (tertiary/aromatic N) is 4. The molecule has 7 heteroatoms. The van der Waals surface area contributed by atoms with Crippen molar-refractivity contribution >= 4 is 0 Å². The van der Waals surface area contributed by atoms with Crippen LogP contribution in [-0.2, 0) is 5.54 Å². The maximum absolute atomic E-state index is 6.03. The zero-order valence-corrected chi connectivity index (χ0v) is 10.1. The van der Waals surface area contributed by atoms with E-state index in [2.05, 4.69) is 15.5 Å². The Morgan fingerprint density at radius 1 is 1.28 bits per heavy atom. The standard InChI is InChI=1S/C11H13N5O2/c1-11(2,12)10-13-14-15-16(10)7-3-4-8-9(5-7)18-6-17-8/h3-5H,6,12H2,1-2H3. The summed E-state index contributed by atoms with van der Waals surface area (Å²) in [6, 6.07) is 5.51. The number of fused-ring (bicyclic) bond motifs is 1. The lowest BCUT2D eigenvalue weighted by atomic mass is 10.1. The van der Waals surface area contributed by atoms with Crippen LogP contribution in [0.25, 0.3) is 5.69 Å².